The van der Waals surface area contributed by atoms with Gasteiger partial charge in [-0.3, -0.25) is 0 Å². The van der Waals surface area contributed by atoms with Crippen LogP contribution in [0.3, 0.4) is 0 Å². The highest BCUT2D eigenvalue weighted by molar-refractivity contribution is 5.87. The van der Waals surface area contributed by atoms with Gasteiger partial charge in [-0.2, -0.15) is 0 Å². The zero-order valence-electron chi connectivity index (χ0n) is 18.2. The molecule has 0 spiro atoms. The van der Waals surface area contributed by atoms with E-state index in [2.05, 4.69) is 80.7 Å². The third kappa shape index (κ3) is 3.70. The molecule has 2 aliphatic rings. The van der Waals surface area contributed by atoms with Crippen LogP contribution in [0, 0.1) is 0 Å². The lowest BCUT2D eigenvalue weighted by Gasteiger charge is -2.26. The molecule has 2 aliphatic carbocycles. The molecule has 2 atom stereocenters. The topological polar surface area (TPSA) is 56.8 Å². The second-order valence-electron chi connectivity index (χ2n) is 8.38. The van der Waals surface area contributed by atoms with E-state index in [-0.39, 0.29) is 0 Å². The Morgan fingerprint density at radius 1 is 0.903 bits per heavy atom. The predicted molar refractivity (Wildman–Crippen MR) is 126 cm³/mol. The Morgan fingerprint density at radius 2 is 1.61 bits per heavy atom. The number of aromatic nitrogens is 3. The van der Waals surface area contributed by atoms with Gasteiger partial charge < -0.3 is 15.2 Å². The van der Waals surface area contributed by atoms with Crippen LogP contribution in [0.15, 0.2) is 67.1 Å². The summed E-state index contributed by atoms with van der Waals surface area (Å²) in [5.41, 5.74) is 6.80. The fourth-order valence-corrected chi connectivity index (χ4v) is 5.08. The lowest BCUT2D eigenvalue weighted by Crippen LogP contribution is -2.23. The van der Waals surface area contributed by atoms with Gasteiger partial charge in [0.05, 0.1) is 11.4 Å². The normalized spacial score (nSPS) is 18.9. The van der Waals surface area contributed by atoms with Crippen molar-refractivity contribution in [2.45, 2.75) is 37.8 Å². The monoisotopic (exact) mass is 411 g/mol. The quantitative estimate of drug-likeness (QED) is 0.499. The van der Waals surface area contributed by atoms with E-state index in [9.17, 15) is 0 Å². The Morgan fingerprint density at radius 3 is 2.42 bits per heavy atom. The summed E-state index contributed by atoms with van der Waals surface area (Å²) in [6.45, 7) is 0. The summed E-state index contributed by atoms with van der Waals surface area (Å²) < 4.78 is 0. The minimum Gasteiger partial charge on any atom is -0.352 e. The number of anilines is 1. The van der Waals surface area contributed by atoms with Crippen molar-refractivity contribution in [1.82, 2.24) is 20.3 Å². The molecule has 5 heteroatoms. The molecular weight excluding hydrogens is 382 g/mol. The van der Waals surface area contributed by atoms with Crippen LogP contribution in [0.5, 0.6) is 0 Å². The zero-order valence-corrected chi connectivity index (χ0v) is 18.2. The number of aryl methyl sites for hydroxylation is 2. The summed E-state index contributed by atoms with van der Waals surface area (Å²) in [5.74, 6) is 0.998. The predicted octanol–water partition coefficient (Wildman–Crippen LogP) is 4.97. The Bertz CT molecular complexity index is 1180. The molecule has 0 fully saturated rings. The fourth-order valence-electron chi connectivity index (χ4n) is 5.08. The maximum absolute atomic E-state index is 4.49. The van der Waals surface area contributed by atoms with E-state index in [1.165, 1.54) is 35.1 Å². The molecule has 2 unspecified atom stereocenters. The molecule has 5 nitrogen and oxygen atoms in total. The number of H-pyrrole nitrogens is 1. The number of nitrogens with one attached hydrogen (secondary N) is 2. The highest BCUT2D eigenvalue weighted by Gasteiger charge is 2.27. The molecule has 0 radical (unpaired) electrons. The van der Waals surface area contributed by atoms with Gasteiger partial charge in [0.15, 0.2) is 0 Å². The number of hydrogen-bond donors (Lipinski definition) is 2. The fraction of sp³-hybridized carbons (Fsp3) is 0.308. The Balaban J connectivity index is 0.000000157. The molecular formula is C26H29N5. The molecule has 2 heterocycles. The maximum Gasteiger partial charge on any atom is 0.142 e. The van der Waals surface area contributed by atoms with Crippen LogP contribution in [0.4, 0.5) is 5.82 Å². The van der Waals surface area contributed by atoms with Gasteiger partial charge in [-0.05, 0) is 61.1 Å². The molecule has 0 bridgehead atoms. The van der Waals surface area contributed by atoms with Gasteiger partial charge in [0, 0.05) is 19.3 Å². The molecule has 0 saturated heterocycles. The molecule has 31 heavy (non-hydrogen) atoms. The molecule has 0 amide bonds. The van der Waals surface area contributed by atoms with Gasteiger partial charge in [-0.1, -0.05) is 48.5 Å². The molecule has 0 aliphatic heterocycles. The number of fused-ring (bicyclic) bond motifs is 3. The van der Waals surface area contributed by atoms with Gasteiger partial charge in [0.2, 0.25) is 0 Å². The maximum atomic E-state index is 4.49. The summed E-state index contributed by atoms with van der Waals surface area (Å²) >= 11 is 0. The summed E-state index contributed by atoms with van der Waals surface area (Å²) in [6.07, 6.45) is 8.33. The SMILES string of the molecule is CN(c1ncnc2[nH]ccc12)C1CCc2ccccc21.CNC1CCc2ccccc21. The third-order valence-corrected chi connectivity index (χ3v) is 6.72. The van der Waals surface area contributed by atoms with Crippen molar-refractivity contribution in [2.75, 3.05) is 19.0 Å². The second kappa shape index (κ2) is 8.52. The van der Waals surface area contributed by atoms with Gasteiger partial charge in [-0.15, -0.1) is 0 Å². The van der Waals surface area contributed by atoms with E-state index in [0.29, 0.717) is 12.1 Å². The van der Waals surface area contributed by atoms with E-state index in [0.717, 1.165) is 29.7 Å². The van der Waals surface area contributed by atoms with E-state index in [1.807, 2.05) is 19.3 Å². The van der Waals surface area contributed by atoms with Crippen molar-refractivity contribution >= 4 is 16.9 Å². The van der Waals surface area contributed by atoms with E-state index >= 15 is 0 Å². The van der Waals surface area contributed by atoms with Crippen molar-refractivity contribution in [2.24, 2.45) is 0 Å². The smallest absolute Gasteiger partial charge is 0.142 e. The van der Waals surface area contributed by atoms with Crippen molar-refractivity contribution in [1.29, 1.82) is 0 Å². The number of aromatic amines is 1. The van der Waals surface area contributed by atoms with E-state index in [1.54, 1.807) is 6.33 Å². The number of hydrogen-bond acceptors (Lipinski definition) is 4. The number of nitrogens with zero attached hydrogens (tertiary/aromatic N) is 3. The largest absolute Gasteiger partial charge is 0.352 e. The molecule has 0 saturated carbocycles. The van der Waals surface area contributed by atoms with Gasteiger partial charge >= 0.3 is 0 Å². The first-order valence-electron chi connectivity index (χ1n) is 11.1. The van der Waals surface area contributed by atoms with Crippen LogP contribution in [0.25, 0.3) is 11.0 Å². The molecule has 2 N–H and O–H groups in total. The van der Waals surface area contributed by atoms with Crippen LogP contribution in [-0.4, -0.2) is 29.0 Å². The first kappa shape index (κ1) is 19.8. The number of benzene rings is 2. The minimum atomic E-state index is 0.402. The Kier molecular flexibility index (Phi) is 5.43. The highest BCUT2D eigenvalue weighted by Crippen LogP contribution is 2.38. The van der Waals surface area contributed by atoms with Gasteiger partial charge in [0.1, 0.15) is 17.8 Å². The van der Waals surface area contributed by atoms with Gasteiger partial charge in [-0.25, -0.2) is 9.97 Å². The first-order valence-corrected chi connectivity index (χ1v) is 11.1. The second-order valence-corrected chi connectivity index (χ2v) is 8.38. The lowest BCUT2D eigenvalue weighted by molar-refractivity contribution is 0.590. The Hall–Kier alpha value is -3.18. The standard InChI is InChI=1S/C16H16N4.C10H13N/c1-20(14-7-6-11-4-2-3-5-12(11)14)16-13-8-9-17-15(13)18-10-19-16;1-11-10-7-6-8-4-2-3-5-9(8)10/h2-5,8-10,14H,6-7H2,1H3,(H,17,18,19);2-5,10-11H,6-7H2,1H3. The van der Waals surface area contributed by atoms with Crippen molar-refractivity contribution < 1.29 is 0 Å². The van der Waals surface area contributed by atoms with Crippen LogP contribution >= 0.6 is 0 Å². The summed E-state index contributed by atoms with van der Waals surface area (Å²) in [4.78, 5) is 14.2. The molecule has 4 aromatic rings. The first-order chi connectivity index (χ1) is 15.3. The molecule has 2 aromatic heterocycles. The van der Waals surface area contributed by atoms with E-state index in [4.69, 9.17) is 0 Å². The average Bonchev–Trinajstić information content (AvgIpc) is 3.56. The minimum absolute atomic E-state index is 0.402. The van der Waals surface area contributed by atoms with Crippen LogP contribution in [0.2, 0.25) is 0 Å². The van der Waals surface area contributed by atoms with Crippen molar-refractivity contribution in [3.8, 4) is 0 Å². The Labute approximate surface area is 183 Å². The summed E-state index contributed by atoms with van der Waals surface area (Å²) in [7, 11) is 4.16. The van der Waals surface area contributed by atoms with Gasteiger partial charge in [0.25, 0.3) is 0 Å². The zero-order chi connectivity index (χ0) is 21.2. The van der Waals surface area contributed by atoms with E-state index < -0.39 is 0 Å². The molecule has 6 rings (SSSR count). The summed E-state index contributed by atoms with van der Waals surface area (Å²) in [5, 5.41) is 4.40. The van der Waals surface area contributed by atoms with Crippen LogP contribution in [0.1, 0.15) is 47.2 Å². The van der Waals surface area contributed by atoms with Crippen LogP contribution < -0.4 is 10.2 Å². The lowest BCUT2D eigenvalue weighted by atomic mass is 10.1. The van der Waals surface area contributed by atoms with Crippen LogP contribution in [-0.2, 0) is 12.8 Å². The molecule has 2 aromatic carbocycles. The molecule has 158 valence electrons. The van der Waals surface area contributed by atoms with Crippen molar-refractivity contribution in [3.63, 3.8) is 0 Å². The number of rotatable bonds is 3. The third-order valence-electron chi connectivity index (χ3n) is 6.72. The summed E-state index contributed by atoms with van der Waals surface area (Å²) in [6, 6.07) is 20.5. The average molecular weight is 412 g/mol. The van der Waals surface area contributed by atoms with Crippen molar-refractivity contribution in [3.05, 3.63) is 89.4 Å². The highest BCUT2D eigenvalue weighted by atomic mass is 15.2.